The fourth-order valence-corrected chi connectivity index (χ4v) is 1.04. The van der Waals surface area contributed by atoms with Crippen molar-refractivity contribution in [2.24, 2.45) is 5.73 Å². The number of carbonyl (C=O) groups is 2. The summed E-state index contributed by atoms with van der Waals surface area (Å²) in [5, 5.41) is 5.88. The summed E-state index contributed by atoms with van der Waals surface area (Å²) in [7, 11) is 0. The van der Waals surface area contributed by atoms with Crippen LogP contribution >= 0.6 is 0 Å². The average Bonchev–Trinajstić information content (AvgIpc) is 2.60. The van der Waals surface area contributed by atoms with Gasteiger partial charge in [-0.3, -0.25) is 14.7 Å². The number of anilines is 1. The lowest BCUT2D eigenvalue weighted by Gasteiger charge is -2.16. The van der Waals surface area contributed by atoms with Crippen molar-refractivity contribution in [2.75, 3.05) is 18.8 Å². The summed E-state index contributed by atoms with van der Waals surface area (Å²) in [6.07, 6.45) is 0. The van der Waals surface area contributed by atoms with E-state index in [9.17, 15) is 9.59 Å². The van der Waals surface area contributed by atoms with Crippen molar-refractivity contribution < 1.29 is 9.59 Å². The second-order valence-corrected chi connectivity index (χ2v) is 2.83. The molecule has 1 aromatic heterocycles. The number of rotatable bonds is 4. The number of amides is 2. The number of primary amides is 1. The number of aromatic amines is 1. The summed E-state index contributed by atoms with van der Waals surface area (Å²) in [6.45, 7) is 1.92. The summed E-state index contributed by atoms with van der Waals surface area (Å²) in [5.74, 6) is -1.07. The fraction of sp³-hybridized carbons (Fsp3) is 0.429. The number of nitrogens with one attached hydrogen (secondary N) is 1. The lowest BCUT2D eigenvalue weighted by molar-refractivity contribution is -0.118. The second-order valence-electron chi connectivity index (χ2n) is 2.83. The predicted molar refractivity (Wildman–Crippen MR) is 51.6 cm³/mol. The number of carbonyl (C=O) groups excluding carboxylic acids is 2. The molecule has 8 heteroatoms. The predicted octanol–water partition coefficient (Wildman–Crippen LogP) is -1.67. The Morgan fingerprint density at radius 2 is 2.20 bits per heavy atom. The van der Waals surface area contributed by atoms with Crippen molar-refractivity contribution >= 4 is 17.8 Å². The van der Waals surface area contributed by atoms with E-state index in [1.54, 1.807) is 6.92 Å². The first-order valence-corrected chi connectivity index (χ1v) is 4.30. The molecule has 0 aromatic carbocycles. The number of likely N-dealkylation sites (N-methyl/N-ethyl adjacent to an activating group) is 1. The first-order valence-electron chi connectivity index (χ1n) is 4.30. The number of hydrogen-bond donors (Lipinski definition) is 3. The molecule has 0 atom stereocenters. The molecule has 8 nitrogen and oxygen atoms in total. The summed E-state index contributed by atoms with van der Waals surface area (Å²) >= 11 is 0. The van der Waals surface area contributed by atoms with Crippen LogP contribution in [0.25, 0.3) is 0 Å². The molecule has 0 saturated carbocycles. The zero-order valence-corrected chi connectivity index (χ0v) is 8.23. The van der Waals surface area contributed by atoms with Gasteiger partial charge in [0, 0.05) is 6.54 Å². The van der Waals surface area contributed by atoms with Crippen LogP contribution in [0.4, 0.5) is 5.95 Å². The normalized spacial score (nSPS) is 9.93. The number of aromatic nitrogens is 3. The zero-order chi connectivity index (χ0) is 11.4. The SMILES string of the molecule is CCN(CC(N)=O)C(=O)c1nc(N)n[nH]1. The molecular formula is C7H12N6O2. The highest BCUT2D eigenvalue weighted by Crippen LogP contribution is 1.99. The molecule has 0 saturated heterocycles. The van der Waals surface area contributed by atoms with Crippen LogP contribution in [0, 0.1) is 0 Å². The molecule has 1 heterocycles. The van der Waals surface area contributed by atoms with E-state index in [-0.39, 0.29) is 18.3 Å². The van der Waals surface area contributed by atoms with Gasteiger partial charge in [-0.25, -0.2) is 0 Å². The van der Waals surface area contributed by atoms with Crippen LogP contribution < -0.4 is 11.5 Å². The maximum atomic E-state index is 11.7. The first-order chi connectivity index (χ1) is 7.04. The summed E-state index contributed by atoms with van der Waals surface area (Å²) in [6, 6.07) is 0. The van der Waals surface area contributed by atoms with Crippen LogP contribution in [0.5, 0.6) is 0 Å². The van der Waals surface area contributed by atoms with Crippen molar-refractivity contribution in [1.82, 2.24) is 20.1 Å². The molecule has 0 fully saturated rings. The Labute approximate surface area is 85.6 Å². The van der Waals surface area contributed by atoms with Gasteiger partial charge in [-0.2, -0.15) is 4.98 Å². The molecule has 0 aliphatic heterocycles. The summed E-state index contributed by atoms with van der Waals surface area (Å²) < 4.78 is 0. The van der Waals surface area contributed by atoms with Crippen molar-refractivity contribution in [3.63, 3.8) is 0 Å². The molecule has 5 N–H and O–H groups in total. The molecule has 0 aliphatic rings. The van der Waals surface area contributed by atoms with Crippen molar-refractivity contribution in [1.29, 1.82) is 0 Å². The van der Waals surface area contributed by atoms with Crippen molar-refractivity contribution in [3.05, 3.63) is 5.82 Å². The van der Waals surface area contributed by atoms with Crippen LogP contribution in [0.3, 0.4) is 0 Å². The van der Waals surface area contributed by atoms with E-state index >= 15 is 0 Å². The second kappa shape index (κ2) is 4.40. The minimum atomic E-state index is -0.585. The lowest BCUT2D eigenvalue weighted by Crippen LogP contribution is -2.38. The highest BCUT2D eigenvalue weighted by Gasteiger charge is 2.19. The zero-order valence-electron chi connectivity index (χ0n) is 8.23. The van der Waals surface area contributed by atoms with Gasteiger partial charge in [-0.1, -0.05) is 0 Å². The molecule has 0 bridgehead atoms. The fourth-order valence-electron chi connectivity index (χ4n) is 1.04. The van der Waals surface area contributed by atoms with Crippen molar-refractivity contribution in [3.8, 4) is 0 Å². The van der Waals surface area contributed by atoms with Crippen molar-refractivity contribution in [2.45, 2.75) is 6.92 Å². The van der Waals surface area contributed by atoms with E-state index in [4.69, 9.17) is 11.5 Å². The Morgan fingerprint density at radius 3 is 2.60 bits per heavy atom. The van der Waals surface area contributed by atoms with E-state index in [0.717, 1.165) is 0 Å². The van der Waals surface area contributed by atoms with Crippen LogP contribution in [0.15, 0.2) is 0 Å². The lowest BCUT2D eigenvalue weighted by atomic mass is 10.4. The number of nitrogen functional groups attached to an aromatic ring is 1. The van der Waals surface area contributed by atoms with Gasteiger partial charge in [0.05, 0.1) is 6.54 Å². The quantitative estimate of drug-likeness (QED) is 0.549. The van der Waals surface area contributed by atoms with Gasteiger partial charge in [0.2, 0.25) is 17.7 Å². The number of nitrogens with two attached hydrogens (primary N) is 2. The Morgan fingerprint density at radius 1 is 1.53 bits per heavy atom. The highest BCUT2D eigenvalue weighted by atomic mass is 16.2. The highest BCUT2D eigenvalue weighted by molar-refractivity contribution is 5.93. The van der Waals surface area contributed by atoms with Gasteiger partial charge in [0.1, 0.15) is 0 Å². The van der Waals surface area contributed by atoms with Gasteiger partial charge in [-0.15, -0.1) is 5.10 Å². The summed E-state index contributed by atoms with van der Waals surface area (Å²) in [5.41, 5.74) is 10.2. The van der Waals surface area contributed by atoms with E-state index in [2.05, 4.69) is 15.2 Å². The molecular weight excluding hydrogens is 200 g/mol. The van der Waals surface area contributed by atoms with Crippen LogP contribution in [0.1, 0.15) is 17.5 Å². The minimum Gasteiger partial charge on any atom is -0.368 e. The van der Waals surface area contributed by atoms with E-state index in [1.165, 1.54) is 4.90 Å². The molecule has 2 amide bonds. The Hall–Kier alpha value is -2.12. The molecule has 0 spiro atoms. The van der Waals surface area contributed by atoms with E-state index in [0.29, 0.717) is 6.54 Å². The smallest absolute Gasteiger partial charge is 0.291 e. The first kappa shape index (κ1) is 11.0. The number of hydrogen-bond acceptors (Lipinski definition) is 5. The van der Waals surface area contributed by atoms with Gasteiger partial charge < -0.3 is 16.4 Å². The van der Waals surface area contributed by atoms with Gasteiger partial charge in [-0.05, 0) is 6.92 Å². The molecule has 82 valence electrons. The number of nitrogens with zero attached hydrogens (tertiary/aromatic N) is 3. The van der Waals surface area contributed by atoms with Crippen LogP contribution in [-0.2, 0) is 4.79 Å². The third kappa shape index (κ3) is 2.66. The molecule has 0 radical (unpaired) electrons. The minimum absolute atomic E-state index is 0.00407. The monoisotopic (exact) mass is 212 g/mol. The molecule has 1 aromatic rings. The topological polar surface area (TPSA) is 131 Å². The van der Waals surface area contributed by atoms with E-state index < -0.39 is 11.8 Å². The van der Waals surface area contributed by atoms with E-state index in [1.807, 2.05) is 0 Å². The molecule has 15 heavy (non-hydrogen) atoms. The standard InChI is InChI=1S/C7H12N6O2/c1-2-13(3-4(8)14)6(15)5-10-7(9)12-11-5/h2-3H2,1H3,(H2,8,14)(H3,9,10,11,12). The van der Waals surface area contributed by atoms with Gasteiger partial charge >= 0.3 is 0 Å². The molecule has 0 unspecified atom stereocenters. The third-order valence-electron chi connectivity index (χ3n) is 1.72. The maximum absolute atomic E-state index is 11.7. The number of H-pyrrole nitrogens is 1. The maximum Gasteiger partial charge on any atom is 0.291 e. The van der Waals surface area contributed by atoms with Crippen LogP contribution in [0.2, 0.25) is 0 Å². The largest absolute Gasteiger partial charge is 0.368 e. The third-order valence-corrected chi connectivity index (χ3v) is 1.72. The van der Waals surface area contributed by atoms with Gasteiger partial charge in [0.25, 0.3) is 5.91 Å². The Balaban J connectivity index is 2.77. The Bertz CT molecular complexity index is 373. The average molecular weight is 212 g/mol. The van der Waals surface area contributed by atoms with Crippen LogP contribution in [-0.4, -0.2) is 45.0 Å². The Kier molecular flexibility index (Phi) is 3.21. The molecule has 0 aliphatic carbocycles. The summed E-state index contributed by atoms with van der Waals surface area (Å²) in [4.78, 5) is 27.2. The molecule has 1 rings (SSSR count). The van der Waals surface area contributed by atoms with Gasteiger partial charge in [0.15, 0.2) is 0 Å².